The molecule has 51 heavy (non-hydrogen) atoms. The lowest BCUT2D eigenvalue weighted by Crippen LogP contribution is -2.31. The van der Waals surface area contributed by atoms with Gasteiger partial charge in [0.25, 0.3) is 5.09 Å². The molecule has 278 valence electrons. The zero-order valence-corrected chi connectivity index (χ0v) is 28.8. The molecule has 0 heterocycles. The van der Waals surface area contributed by atoms with Crippen LogP contribution in [0.15, 0.2) is 66.8 Å². The first-order valence-corrected chi connectivity index (χ1v) is 17.1. The van der Waals surface area contributed by atoms with Gasteiger partial charge in [-0.15, -0.1) is 10.1 Å². The van der Waals surface area contributed by atoms with Gasteiger partial charge < -0.3 is 39.7 Å². The first-order valence-electron chi connectivity index (χ1n) is 17.1. The summed E-state index contributed by atoms with van der Waals surface area (Å²) in [5.41, 5.74) is 1.70. The Morgan fingerprint density at radius 3 is 2.53 bits per heavy atom. The zero-order valence-electron chi connectivity index (χ0n) is 28.8. The maximum absolute atomic E-state index is 12.4. The van der Waals surface area contributed by atoms with E-state index in [9.17, 15) is 39.8 Å². The second-order valence-electron chi connectivity index (χ2n) is 12.3. The number of allylic oxidation sites excluding steroid dienone is 2. The Balaban J connectivity index is 1.32. The molecule has 4 N–H and O–H groups in total. The Morgan fingerprint density at radius 2 is 1.78 bits per heavy atom. The fourth-order valence-electron chi connectivity index (χ4n) is 5.92. The summed E-state index contributed by atoms with van der Waals surface area (Å²) >= 11 is 0. The van der Waals surface area contributed by atoms with Gasteiger partial charge in [0.2, 0.25) is 5.91 Å². The van der Waals surface area contributed by atoms with Crippen molar-refractivity contribution >= 4 is 23.9 Å². The van der Waals surface area contributed by atoms with Crippen LogP contribution in [0.4, 0.5) is 0 Å². The number of aliphatic hydroxyl groups excluding tert-OH is 3. The lowest BCUT2D eigenvalue weighted by molar-refractivity contribution is -0.757. The third-order valence-electron chi connectivity index (χ3n) is 8.59. The van der Waals surface area contributed by atoms with E-state index in [1.807, 2.05) is 42.5 Å². The number of rotatable bonds is 22. The molecule has 1 aliphatic rings. The molecule has 14 nitrogen and oxygen atoms in total. The van der Waals surface area contributed by atoms with Crippen molar-refractivity contribution < 1.29 is 53.8 Å². The molecule has 5 atom stereocenters. The van der Waals surface area contributed by atoms with Gasteiger partial charge in [0, 0.05) is 12.5 Å². The van der Waals surface area contributed by atoms with E-state index in [-0.39, 0.29) is 55.4 Å². The average Bonchev–Trinajstić information content (AvgIpc) is 3.39. The summed E-state index contributed by atoms with van der Waals surface area (Å²) in [6, 6.07) is 14.5. The largest absolute Gasteiger partial charge is 0.493 e. The van der Waals surface area contributed by atoms with Gasteiger partial charge in [-0.05, 0) is 92.5 Å². The van der Waals surface area contributed by atoms with Crippen molar-refractivity contribution in [2.24, 2.45) is 11.8 Å². The van der Waals surface area contributed by atoms with Gasteiger partial charge in [-0.1, -0.05) is 48.6 Å². The summed E-state index contributed by atoms with van der Waals surface area (Å²) in [6.07, 6.45) is 9.71. The van der Waals surface area contributed by atoms with Crippen molar-refractivity contribution in [2.45, 2.75) is 76.1 Å². The predicted molar refractivity (Wildman–Crippen MR) is 186 cm³/mol. The van der Waals surface area contributed by atoms with Crippen molar-refractivity contribution in [1.82, 2.24) is 5.32 Å². The summed E-state index contributed by atoms with van der Waals surface area (Å²) in [4.78, 5) is 50.6. The highest BCUT2D eigenvalue weighted by Gasteiger charge is 2.40. The topological polar surface area (TPSA) is 204 Å². The van der Waals surface area contributed by atoms with Crippen molar-refractivity contribution in [3.63, 3.8) is 0 Å². The monoisotopic (exact) mass is 712 g/mol. The standard InChI is InChI=1S/C37H48N2O12/c1-48-34-23-27(15-20-36(44)49-21-22-50-39(46)47)14-19-33(34)51-37(45)25-38-35(43)12-8-3-2-7-11-29-30(32(42)24-31(29)41)18-17-28(40)16-13-26-9-5-4-6-10-26/h2,4-7,9-10,14-15,19-20,23,28-32,40-42H,3,8,11-13,16-18,21-22,24-25H2,1H3,(H,38,43)/b7-2-,20-15+/t28-,29+,30+,31-,32+/m0/s1. The second kappa shape index (κ2) is 22.1. The normalized spacial score (nSPS) is 19.1. The van der Waals surface area contributed by atoms with E-state index in [4.69, 9.17) is 14.2 Å². The third kappa shape index (κ3) is 15.3. The van der Waals surface area contributed by atoms with E-state index in [2.05, 4.69) is 10.2 Å². The predicted octanol–water partition coefficient (Wildman–Crippen LogP) is 3.73. The third-order valence-corrected chi connectivity index (χ3v) is 8.59. The van der Waals surface area contributed by atoms with Gasteiger partial charge >= 0.3 is 11.9 Å². The van der Waals surface area contributed by atoms with Crippen LogP contribution in [-0.4, -0.2) is 83.4 Å². The lowest BCUT2D eigenvalue weighted by atomic mass is 9.85. The molecule has 0 saturated heterocycles. The first kappa shape index (κ1) is 40.6. The second-order valence-corrected chi connectivity index (χ2v) is 12.3. The Morgan fingerprint density at radius 1 is 1.02 bits per heavy atom. The van der Waals surface area contributed by atoms with Crippen molar-refractivity contribution in [3.8, 4) is 11.5 Å². The van der Waals surface area contributed by atoms with Crippen LogP contribution in [0.25, 0.3) is 6.08 Å². The van der Waals surface area contributed by atoms with Crippen molar-refractivity contribution in [1.29, 1.82) is 0 Å². The molecule has 14 heteroatoms. The number of hydrogen-bond acceptors (Lipinski definition) is 12. The van der Waals surface area contributed by atoms with Gasteiger partial charge in [0.1, 0.15) is 19.8 Å². The number of benzene rings is 2. The number of carbonyl (C=O) groups excluding carboxylic acids is 3. The quantitative estimate of drug-likeness (QED) is 0.0262. The van der Waals surface area contributed by atoms with Crippen LogP contribution >= 0.6 is 0 Å². The van der Waals surface area contributed by atoms with E-state index >= 15 is 0 Å². The van der Waals surface area contributed by atoms with Crippen molar-refractivity contribution in [3.05, 3.63) is 88.0 Å². The van der Waals surface area contributed by atoms with E-state index < -0.39 is 35.3 Å². The van der Waals surface area contributed by atoms with Gasteiger partial charge in [-0.25, -0.2) is 9.59 Å². The molecule has 2 aromatic rings. The number of nitrogens with zero attached hydrogens (tertiary/aromatic N) is 1. The van der Waals surface area contributed by atoms with E-state index in [0.717, 1.165) is 12.5 Å². The molecule has 0 aliphatic heterocycles. The molecule has 3 rings (SSSR count). The number of carbonyl (C=O) groups is 3. The first-order chi connectivity index (χ1) is 24.5. The summed E-state index contributed by atoms with van der Waals surface area (Å²) in [6.45, 7) is -1.03. The van der Waals surface area contributed by atoms with Crippen LogP contribution < -0.4 is 14.8 Å². The molecular weight excluding hydrogens is 664 g/mol. The van der Waals surface area contributed by atoms with Gasteiger partial charge in [0.05, 0.1) is 25.4 Å². The van der Waals surface area contributed by atoms with Gasteiger partial charge in [0.15, 0.2) is 11.5 Å². The maximum atomic E-state index is 12.4. The SMILES string of the molecule is COc1cc(/C=C/C(=O)OCCO[N+](=O)[O-])ccc1OC(=O)CNC(=O)CCC/C=C\C[C@@H]1[C@@H](CC[C@@H](O)CCc2ccccc2)[C@H](O)C[C@@H]1O. The molecule has 1 amide bonds. The van der Waals surface area contributed by atoms with Gasteiger partial charge in [-0.3, -0.25) is 4.79 Å². The number of ether oxygens (including phenoxy) is 3. The number of hydrogen-bond donors (Lipinski definition) is 4. The van der Waals surface area contributed by atoms with Gasteiger partial charge in [-0.2, -0.15) is 0 Å². The van der Waals surface area contributed by atoms with Crippen LogP contribution in [0.5, 0.6) is 11.5 Å². The fourth-order valence-corrected chi connectivity index (χ4v) is 5.92. The minimum absolute atomic E-state index is 0.0923. The molecule has 0 bridgehead atoms. The number of amides is 1. The minimum Gasteiger partial charge on any atom is -0.493 e. The van der Waals surface area contributed by atoms with Crippen LogP contribution in [0.3, 0.4) is 0 Å². The number of methoxy groups -OCH3 is 1. The number of aliphatic hydroxyl groups is 3. The minimum atomic E-state index is -0.988. The number of unbranched alkanes of at least 4 members (excludes halogenated alkanes) is 1. The fraction of sp³-hybridized carbons (Fsp3) is 0.486. The molecule has 1 fully saturated rings. The lowest BCUT2D eigenvalue weighted by Gasteiger charge is -2.23. The molecule has 2 aromatic carbocycles. The Hall–Kier alpha value is -4.79. The summed E-state index contributed by atoms with van der Waals surface area (Å²) < 4.78 is 15.4. The molecule has 1 aliphatic carbocycles. The maximum Gasteiger partial charge on any atom is 0.330 e. The van der Waals surface area contributed by atoms with E-state index in [1.165, 1.54) is 30.9 Å². The summed E-state index contributed by atoms with van der Waals surface area (Å²) in [7, 11) is 1.37. The van der Waals surface area contributed by atoms with Crippen molar-refractivity contribution in [2.75, 3.05) is 26.9 Å². The highest BCUT2D eigenvalue weighted by atomic mass is 17.0. The van der Waals surface area contributed by atoms with E-state index in [0.29, 0.717) is 50.5 Å². The number of nitrogens with one attached hydrogen (secondary N) is 1. The zero-order chi connectivity index (χ0) is 37.0. The number of esters is 2. The molecule has 0 aromatic heterocycles. The Bertz CT molecular complexity index is 1460. The molecule has 0 spiro atoms. The Labute approximate surface area is 297 Å². The Kier molecular flexibility index (Phi) is 17.6. The summed E-state index contributed by atoms with van der Waals surface area (Å²) in [5, 5.41) is 43.3. The number of aryl methyl sites for hydroxylation is 1. The molecule has 1 saturated carbocycles. The van der Waals surface area contributed by atoms with Crippen LogP contribution in [0.1, 0.15) is 62.5 Å². The highest BCUT2D eigenvalue weighted by Crippen LogP contribution is 2.38. The average molecular weight is 713 g/mol. The molecule has 0 unspecified atom stereocenters. The smallest absolute Gasteiger partial charge is 0.330 e. The molecular formula is C37H48N2O12. The van der Waals surface area contributed by atoms with Crippen LogP contribution in [-0.2, 0) is 30.4 Å². The summed E-state index contributed by atoms with van der Waals surface area (Å²) in [5.74, 6) is -1.63. The van der Waals surface area contributed by atoms with Crippen LogP contribution in [0, 0.1) is 22.0 Å². The highest BCUT2D eigenvalue weighted by molar-refractivity contribution is 5.87. The molecule has 0 radical (unpaired) electrons. The van der Waals surface area contributed by atoms with E-state index in [1.54, 1.807) is 6.07 Å². The van der Waals surface area contributed by atoms with Crippen LogP contribution in [0.2, 0.25) is 0 Å².